The number of hydrogen-bond acceptors (Lipinski definition) is 12. The van der Waals surface area contributed by atoms with Gasteiger partial charge in [0.05, 0.1) is 12.0 Å². The highest BCUT2D eigenvalue weighted by Crippen LogP contribution is 2.55. The number of hydrogen-bond donors (Lipinski definition) is 10. The Morgan fingerprint density at radius 3 is 1.69 bits per heavy atom. The van der Waals surface area contributed by atoms with Crippen molar-refractivity contribution < 1.29 is 60.5 Å². The third-order valence-corrected chi connectivity index (χ3v) is 7.71. The van der Waals surface area contributed by atoms with Crippen LogP contribution in [0.5, 0.6) is 57.5 Å². The molecule has 4 aromatic carbocycles. The molecule has 0 bridgehead atoms. The standard InChI is InChI=1S/C30H26O12/c31-15-3-1-11(5-17(15)33)29-22(38)8-14-24(41-29)10-21(37)26(27(14)39)25-13-7-19(35)20(36)9-23(13)42-30(28(25)40)12-2-4-16(32)18(34)6-12/h1-7,9-10,22,25,28-40H,8H2/t22-,25+,28+,29+,30+/m0/s1. The van der Waals surface area contributed by atoms with Gasteiger partial charge < -0.3 is 60.5 Å². The minimum Gasteiger partial charge on any atom is -0.507 e. The lowest BCUT2D eigenvalue weighted by atomic mass is 9.78. The lowest BCUT2D eigenvalue weighted by molar-refractivity contribution is 0.00647. The van der Waals surface area contributed by atoms with E-state index in [2.05, 4.69) is 0 Å². The van der Waals surface area contributed by atoms with Crippen LogP contribution in [0.4, 0.5) is 0 Å². The maximum Gasteiger partial charge on any atom is 0.161 e. The van der Waals surface area contributed by atoms with Gasteiger partial charge in [0.25, 0.3) is 0 Å². The average molecular weight is 579 g/mol. The lowest BCUT2D eigenvalue weighted by Crippen LogP contribution is -2.35. The molecular formula is C30H26O12. The minimum atomic E-state index is -1.55. The van der Waals surface area contributed by atoms with Gasteiger partial charge in [-0.3, -0.25) is 0 Å². The number of aromatic hydroxyl groups is 8. The van der Waals surface area contributed by atoms with Crippen LogP contribution in [0.1, 0.15) is 45.9 Å². The molecule has 0 unspecified atom stereocenters. The van der Waals surface area contributed by atoms with Crippen LogP contribution < -0.4 is 9.47 Å². The van der Waals surface area contributed by atoms with E-state index in [1.807, 2.05) is 0 Å². The van der Waals surface area contributed by atoms with Crippen LogP contribution in [0.15, 0.2) is 54.6 Å². The topological polar surface area (TPSA) is 221 Å². The van der Waals surface area contributed by atoms with Gasteiger partial charge >= 0.3 is 0 Å². The molecule has 0 radical (unpaired) electrons. The normalized spacial score (nSPS) is 22.9. The maximum absolute atomic E-state index is 11.6. The fourth-order valence-corrected chi connectivity index (χ4v) is 5.63. The number of rotatable bonds is 3. The van der Waals surface area contributed by atoms with E-state index in [9.17, 15) is 51.1 Å². The number of aliphatic hydroxyl groups is 2. The van der Waals surface area contributed by atoms with E-state index in [1.54, 1.807) is 0 Å². The summed E-state index contributed by atoms with van der Waals surface area (Å²) in [5, 5.41) is 105. The zero-order valence-corrected chi connectivity index (χ0v) is 21.6. The Bertz CT molecular complexity index is 1720. The molecule has 10 N–H and O–H groups in total. The Hall–Kier alpha value is -5.20. The van der Waals surface area contributed by atoms with Crippen LogP contribution in [0.2, 0.25) is 0 Å². The molecule has 12 heteroatoms. The van der Waals surface area contributed by atoms with Crippen LogP contribution in [-0.2, 0) is 6.42 Å². The van der Waals surface area contributed by atoms with Crippen LogP contribution in [0.3, 0.4) is 0 Å². The van der Waals surface area contributed by atoms with Crippen molar-refractivity contribution in [3.63, 3.8) is 0 Å². The first-order valence-corrected chi connectivity index (χ1v) is 12.8. The Morgan fingerprint density at radius 1 is 0.548 bits per heavy atom. The van der Waals surface area contributed by atoms with Gasteiger partial charge in [-0.2, -0.15) is 0 Å². The average Bonchev–Trinajstić information content (AvgIpc) is 2.94. The molecule has 2 aliphatic rings. The van der Waals surface area contributed by atoms with Crippen molar-refractivity contribution in [1.29, 1.82) is 0 Å². The van der Waals surface area contributed by atoms with Gasteiger partial charge in [0.2, 0.25) is 0 Å². The molecule has 0 saturated carbocycles. The van der Waals surface area contributed by atoms with Gasteiger partial charge in [-0.05, 0) is 41.5 Å². The Labute approximate surface area is 237 Å². The van der Waals surface area contributed by atoms with Crippen LogP contribution in [0.25, 0.3) is 0 Å². The molecular weight excluding hydrogens is 552 g/mol. The van der Waals surface area contributed by atoms with Crippen molar-refractivity contribution in [1.82, 2.24) is 0 Å². The first-order chi connectivity index (χ1) is 19.9. The first kappa shape index (κ1) is 27.0. The van der Waals surface area contributed by atoms with Gasteiger partial charge in [-0.1, -0.05) is 12.1 Å². The van der Waals surface area contributed by atoms with Crippen LogP contribution in [-0.4, -0.2) is 63.3 Å². The fraction of sp³-hybridized carbons (Fsp3) is 0.200. The summed E-state index contributed by atoms with van der Waals surface area (Å²) in [6.45, 7) is 0. The van der Waals surface area contributed by atoms with Crippen molar-refractivity contribution in [2.75, 3.05) is 0 Å². The highest BCUT2D eigenvalue weighted by molar-refractivity contribution is 5.64. The predicted octanol–water partition coefficient (Wildman–Crippen LogP) is 3.00. The van der Waals surface area contributed by atoms with E-state index in [0.29, 0.717) is 5.56 Å². The summed E-state index contributed by atoms with van der Waals surface area (Å²) < 4.78 is 11.8. The molecule has 218 valence electrons. The molecule has 0 saturated heterocycles. The van der Waals surface area contributed by atoms with Gasteiger partial charge in [0, 0.05) is 35.2 Å². The van der Waals surface area contributed by atoms with E-state index >= 15 is 0 Å². The second-order valence-corrected chi connectivity index (χ2v) is 10.3. The SMILES string of the molecule is Oc1ccc([C@H]2Oc3cc(O)c(O)cc3[C@H](c3c(O)cc4c(c3O)C[C@H](O)[C@@H](c3ccc(O)c(O)c3)O4)[C@H]2O)cc1O. The molecule has 0 fully saturated rings. The molecule has 0 aliphatic carbocycles. The summed E-state index contributed by atoms with van der Waals surface area (Å²) in [6.07, 6.45) is -5.20. The minimum absolute atomic E-state index is 0.00169. The van der Waals surface area contributed by atoms with Gasteiger partial charge in [0.1, 0.15) is 35.2 Å². The zero-order valence-electron chi connectivity index (χ0n) is 21.6. The number of ether oxygens (including phenoxy) is 2. The molecule has 0 aromatic heterocycles. The van der Waals surface area contributed by atoms with Crippen LogP contribution in [0, 0.1) is 0 Å². The van der Waals surface area contributed by atoms with Crippen molar-refractivity contribution in [2.45, 2.75) is 36.8 Å². The number of benzene rings is 4. The second kappa shape index (κ2) is 9.72. The van der Waals surface area contributed by atoms with Crippen molar-refractivity contribution in [3.8, 4) is 57.5 Å². The van der Waals surface area contributed by atoms with Crippen molar-refractivity contribution in [3.05, 3.63) is 82.4 Å². The molecule has 5 atom stereocenters. The third-order valence-electron chi connectivity index (χ3n) is 7.71. The smallest absolute Gasteiger partial charge is 0.161 e. The number of aliphatic hydroxyl groups excluding tert-OH is 2. The predicted molar refractivity (Wildman–Crippen MR) is 143 cm³/mol. The summed E-state index contributed by atoms with van der Waals surface area (Å²) in [4.78, 5) is 0. The van der Waals surface area contributed by atoms with E-state index in [4.69, 9.17) is 9.47 Å². The molecule has 12 nitrogen and oxygen atoms in total. The van der Waals surface area contributed by atoms with Crippen molar-refractivity contribution >= 4 is 0 Å². The molecule has 0 amide bonds. The molecule has 42 heavy (non-hydrogen) atoms. The van der Waals surface area contributed by atoms with Crippen LogP contribution >= 0.6 is 0 Å². The van der Waals surface area contributed by atoms with E-state index in [0.717, 1.165) is 12.1 Å². The van der Waals surface area contributed by atoms with Gasteiger partial charge in [-0.25, -0.2) is 0 Å². The first-order valence-electron chi connectivity index (χ1n) is 12.8. The molecule has 2 heterocycles. The van der Waals surface area contributed by atoms with Crippen molar-refractivity contribution in [2.24, 2.45) is 0 Å². The summed E-state index contributed by atoms with van der Waals surface area (Å²) in [6, 6.07) is 11.1. The number of phenols is 8. The molecule has 2 aliphatic heterocycles. The summed E-state index contributed by atoms with van der Waals surface area (Å²) in [5.74, 6) is -5.02. The van der Waals surface area contributed by atoms with E-state index < -0.39 is 70.6 Å². The molecule has 4 aromatic rings. The summed E-state index contributed by atoms with van der Waals surface area (Å²) >= 11 is 0. The third kappa shape index (κ3) is 4.24. The molecule has 0 spiro atoms. The Kier molecular flexibility index (Phi) is 6.24. The number of fused-ring (bicyclic) bond motifs is 2. The molecule has 6 rings (SSSR count). The highest BCUT2D eigenvalue weighted by Gasteiger charge is 2.44. The van der Waals surface area contributed by atoms with E-state index in [-0.39, 0.29) is 45.9 Å². The lowest BCUT2D eigenvalue weighted by Gasteiger charge is -2.39. The fourth-order valence-electron chi connectivity index (χ4n) is 5.63. The Morgan fingerprint density at radius 2 is 1.07 bits per heavy atom. The number of phenolic OH excluding ortho intramolecular Hbond substituents is 8. The largest absolute Gasteiger partial charge is 0.507 e. The second-order valence-electron chi connectivity index (χ2n) is 10.3. The maximum atomic E-state index is 11.6. The van der Waals surface area contributed by atoms with E-state index in [1.165, 1.54) is 42.5 Å². The zero-order chi connectivity index (χ0) is 30.0. The van der Waals surface area contributed by atoms with Gasteiger partial charge in [-0.15, -0.1) is 0 Å². The summed E-state index contributed by atoms with van der Waals surface area (Å²) in [7, 11) is 0. The highest BCUT2D eigenvalue weighted by atomic mass is 16.5. The monoisotopic (exact) mass is 578 g/mol. The summed E-state index contributed by atoms with van der Waals surface area (Å²) in [5.41, 5.74) is 0.585. The van der Waals surface area contributed by atoms with Gasteiger partial charge in [0.15, 0.2) is 40.6 Å². The Balaban J connectivity index is 1.47. The quantitative estimate of drug-likeness (QED) is 0.159.